The summed E-state index contributed by atoms with van der Waals surface area (Å²) in [6, 6.07) is 5.94. The molecule has 3 rings (SSSR count). The van der Waals surface area contributed by atoms with Crippen LogP contribution in [0.1, 0.15) is 33.6 Å². The number of carbonyl (C=O) groups is 4. The summed E-state index contributed by atoms with van der Waals surface area (Å²) >= 11 is 0. The van der Waals surface area contributed by atoms with Crippen molar-refractivity contribution in [2.75, 3.05) is 13.2 Å². The number of ether oxygens (including phenoxy) is 1. The van der Waals surface area contributed by atoms with Gasteiger partial charge in [-0.2, -0.15) is 0 Å². The van der Waals surface area contributed by atoms with E-state index in [0.29, 0.717) is 24.0 Å². The molecule has 0 aromatic heterocycles. The largest absolute Gasteiger partial charge is 0.462 e. The molecule has 1 N–H and O–H groups in total. The zero-order chi connectivity index (χ0) is 15.7. The number of fused-ring (bicyclic) bond motifs is 1. The van der Waals surface area contributed by atoms with Crippen molar-refractivity contribution in [2.45, 2.75) is 18.9 Å². The fourth-order valence-corrected chi connectivity index (χ4v) is 2.57. The number of rotatable bonds is 4. The summed E-state index contributed by atoms with van der Waals surface area (Å²) in [5.41, 5.74) is 0.726. The van der Waals surface area contributed by atoms with Crippen LogP contribution in [0.2, 0.25) is 0 Å². The third-order valence-electron chi connectivity index (χ3n) is 3.72. The number of hydrogen-bond acceptors (Lipinski definition) is 5. The molecule has 0 spiro atoms. The second-order valence-electron chi connectivity index (χ2n) is 5.13. The third-order valence-corrected chi connectivity index (χ3v) is 3.72. The number of hydrogen-bond donors (Lipinski definition) is 1. The van der Waals surface area contributed by atoms with Gasteiger partial charge < -0.3 is 10.1 Å². The molecule has 1 aromatic carbocycles. The maximum Gasteiger partial charge on any atom is 0.328 e. The zero-order valence-corrected chi connectivity index (χ0v) is 11.7. The zero-order valence-electron chi connectivity index (χ0n) is 11.7. The van der Waals surface area contributed by atoms with Crippen LogP contribution in [-0.4, -0.2) is 47.8 Å². The van der Waals surface area contributed by atoms with Crippen molar-refractivity contribution in [3.63, 3.8) is 0 Å². The predicted molar refractivity (Wildman–Crippen MR) is 73.9 cm³/mol. The van der Waals surface area contributed by atoms with Crippen LogP contribution in [0.4, 0.5) is 0 Å². The first kappa shape index (κ1) is 14.2. The lowest BCUT2D eigenvalue weighted by atomic mass is 10.1. The molecular formula is C15H14N2O5. The van der Waals surface area contributed by atoms with E-state index in [-0.39, 0.29) is 30.9 Å². The van der Waals surface area contributed by atoms with Gasteiger partial charge in [-0.1, -0.05) is 12.1 Å². The quantitative estimate of drug-likeness (QED) is 0.629. The summed E-state index contributed by atoms with van der Waals surface area (Å²) in [5.74, 6) is -1.48. The maximum absolute atomic E-state index is 12.1. The van der Waals surface area contributed by atoms with E-state index < -0.39 is 12.0 Å². The fourth-order valence-electron chi connectivity index (χ4n) is 2.57. The summed E-state index contributed by atoms with van der Waals surface area (Å²) in [5, 5.41) is 2.50. The normalized spacial score (nSPS) is 20.1. The van der Waals surface area contributed by atoms with Gasteiger partial charge in [0.25, 0.3) is 11.8 Å². The second kappa shape index (κ2) is 5.59. The molecule has 0 bridgehead atoms. The number of amides is 3. The maximum atomic E-state index is 12.1. The molecule has 0 aliphatic carbocycles. The van der Waals surface area contributed by atoms with Crippen molar-refractivity contribution in [1.82, 2.24) is 10.2 Å². The Hall–Kier alpha value is -2.70. The van der Waals surface area contributed by atoms with E-state index in [2.05, 4.69) is 5.32 Å². The van der Waals surface area contributed by atoms with Gasteiger partial charge in [-0.3, -0.25) is 19.3 Å². The van der Waals surface area contributed by atoms with Crippen LogP contribution in [0.5, 0.6) is 0 Å². The third kappa shape index (κ3) is 2.45. The molecule has 22 heavy (non-hydrogen) atoms. The van der Waals surface area contributed by atoms with Crippen LogP contribution in [0.3, 0.4) is 0 Å². The first-order chi connectivity index (χ1) is 10.6. The lowest BCUT2D eigenvalue weighted by molar-refractivity contribution is -0.146. The summed E-state index contributed by atoms with van der Waals surface area (Å²) in [4.78, 5) is 48.0. The molecule has 114 valence electrons. The lowest BCUT2D eigenvalue weighted by Gasteiger charge is -2.15. The van der Waals surface area contributed by atoms with Gasteiger partial charge in [0.15, 0.2) is 0 Å². The standard InChI is InChI=1S/C15H14N2O5/c18-12-6-5-11(16-12)15(21)22-8-7-17-13(19)9-3-1-2-4-10(9)14(17)20/h1-4,11H,5-8H2,(H,16,18)/t11-/m1/s1. The molecule has 1 aromatic rings. The van der Waals surface area contributed by atoms with Crippen LogP contribution >= 0.6 is 0 Å². The van der Waals surface area contributed by atoms with Crippen LogP contribution in [0, 0.1) is 0 Å². The average Bonchev–Trinajstić information content (AvgIpc) is 3.05. The molecule has 0 unspecified atom stereocenters. The van der Waals surface area contributed by atoms with Gasteiger partial charge >= 0.3 is 5.97 Å². The van der Waals surface area contributed by atoms with E-state index in [9.17, 15) is 19.2 Å². The summed E-state index contributed by atoms with van der Waals surface area (Å²) < 4.78 is 5.03. The summed E-state index contributed by atoms with van der Waals surface area (Å²) in [7, 11) is 0. The predicted octanol–water partition coefficient (Wildman–Crippen LogP) is 0.104. The van der Waals surface area contributed by atoms with E-state index in [4.69, 9.17) is 4.74 Å². The number of carbonyl (C=O) groups excluding carboxylic acids is 4. The van der Waals surface area contributed by atoms with Crippen LogP contribution in [0.25, 0.3) is 0 Å². The Balaban J connectivity index is 1.55. The fraction of sp³-hybridized carbons (Fsp3) is 0.333. The smallest absolute Gasteiger partial charge is 0.328 e. The van der Waals surface area contributed by atoms with Gasteiger partial charge in [-0.15, -0.1) is 0 Å². The number of benzene rings is 1. The van der Waals surface area contributed by atoms with Crippen LogP contribution < -0.4 is 5.32 Å². The molecule has 1 atom stereocenters. The van der Waals surface area contributed by atoms with Crippen molar-refractivity contribution in [3.8, 4) is 0 Å². The molecule has 2 aliphatic heterocycles. The monoisotopic (exact) mass is 302 g/mol. The van der Waals surface area contributed by atoms with E-state index in [1.807, 2.05) is 0 Å². The minimum atomic E-state index is -0.630. The van der Waals surface area contributed by atoms with E-state index in [0.717, 1.165) is 4.90 Å². The van der Waals surface area contributed by atoms with E-state index in [1.165, 1.54) is 0 Å². The first-order valence-corrected chi connectivity index (χ1v) is 6.99. The van der Waals surface area contributed by atoms with Crippen molar-refractivity contribution in [3.05, 3.63) is 35.4 Å². The Morgan fingerprint density at radius 1 is 1.18 bits per heavy atom. The molecule has 0 saturated carbocycles. The van der Waals surface area contributed by atoms with Gasteiger partial charge in [0, 0.05) is 6.42 Å². The topological polar surface area (TPSA) is 92.8 Å². The lowest BCUT2D eigenvalue weighted by Crippen LogP contribution is -2.37. The Kier molecular flexibility index (Phi) is 3.62. The number of nitrogens with one attached hydrogen (secondary N) is 1. The Morgan fingerprint density at radius 2 is 1.82 bits per heavy atom. The Bertz CT molecular complexity index is 635. The van der Waals surface area contributed by atoms with Gasteiger partial charge in [0.2, 0.25) is 5.91 Å². The summed E-state index contributed by atoms with van der Waals surface area (Å²) in [6.45, 7) is -0.0879. The van der Waals surface area contributed by atoms with Crippen molar-refractivity contribution in [2.24, 2.45) is 0 Å². The van der Waals surface area contributed by atoms with Gasteiger partial charge in [-0.05, 0) is 18.6 Å². The molecule has 2 aliphatic rings. The van der Waals surface area contributed by atoms with Gasteiger partial charge in [-0.25, -0.2) is 4.79 Å². The highest BCUT2D eigenvalue weighted by Gasteiger charge is 2.35. The number of esters is 1. The van der Waals surface area contributed by atoms with E-state index in [1.54, 1.807) is 24.3 Å². The molecule has 1 saturated heterocycles. The summed E-state index contributed by atoms with van der Waals surface area (Å²) in [6.07, 6.45) is 0.711. The van der Waals surface area contributed by atoms with Gasteiger partial charge in [0.05, 0.1) is 17.7 Å². The molecule has 7 nitrogen and oxygen atoms in total. The minimum Gasteiger partial charge on any atom is -0.462 e. The number of nitrogens with zero attached hydrogens (tertiary/aromatic N) is 1. The highest BCUT2D eigenvalue weighted by atomic mass is 16.5. The molecule has 7 heteroatoms. The van der Waals surface area contributed by atoms with Crippen molar-refractivity contribution in [1.29, 1.82) is 0 Å². The highest BCUT2D eigenvalue weighted by molar-refractivity contribution is 6.21. The van der Waals surface area contributed by atoms with Crippen molar-refractivity contribution < 1.29 is 23.9 Å². The molecule has 2 heterocycles. The second-order valence-corrected chi connectivity index (χ2v) is 5.13. The Morgan fingerprint density at radius 3 is 2.36 bits per heavy atom. The molecule has 3 amide bonds. The van der Waals surface area contributed by atoms with Crippen LogP contribution in [0.15, 0.2) is 24.3 Å². The number of imide groups is 1. The minimum absolute atomic E-state index is 0.00124. The highest BCUT2D eigenvalue weighted by Crippen LogP contribution is 2.21. The van der Waals surface area contributed by atoms with Gasteiger partial charge in [0.1, 0.15) is 12.6 Å². The van der Waals surface area contributed by atoms with Crippen LogP contribution in [-0.2, 0) is 14.3 Å². The molecule has 1 fully saturated rings. The average molecular weight is 302 g/mol. The van der Waals surface area contributed by atoms with Crippen molar-refractivity contribution >= 4 is 23.7 Å². The first-order valence-electron chi connectivity index (χ1n) is 6.99. The SMILES string of the molecule is O=C1CC[C@H](C(=O)OCCN2C(=O)c3ccccc3C2=O)N1. The molecule has 0 radical (unpaired) electrons. The van der Waals surface area contributed by atoms with E-state index >= 15 is 0 Å². The molecular weight excluding hydrogens is 288 g/mol. The Labute approximate surface area is 126 Å².